The molecule has 0 spiro atoms. The average molecular weight is 393 g/mol. The molecule has 27 heavy (non-hydrogen) atoms. The summed E-state index contributed by atoms with van der Waals surface area (Å²) < 4.78 is 5.89. The van der Waals surface area contributed by atoms with E-state index >= 15 is 0 Å². The van der Waals surface area contributed by atoms with Gasteiger partial charge in [-0.3, -0.25) is 4.90 Å². The smallest absolute Gasteiger partial charge is 0.0900 e. The molecule has 2 aliphatic carbocycles. The summed E-state index contributed by atoms with van der Waals surface area (Å²) in [6.07, 6.45) is 5.23. The molecule has 1 aliphatic heterocycles. The van der Waals surface area contributed by atoms with Crippen LogP contribution < -0.4 is 4.90 Å². The maximum atomic E-state index is 10.4. The number of hydrogen-bond acceptors (Lipinski definition) is 4. The molecule has 1 saturated heterocycles. The summed E-state index contributed by atoms with van der Waals surface area (Å²) in [5.41, 5.74) is 2.50. The van der Waals surface area contributed by atoms with Crippen LogP contribution in [0.5, 0.6) is 0 Å². The van der Waals surface area contributed by atoms with E-state index in [0.29, 0.717) is 13.2 Å². The van der Waals surface area contributed by atoms with Gasteiger partial charge in [-0.25, -0.2) is 0 Å². The number of rotatable bonds is 7. The van der Waals surface area contributed by atoms with Crippen LogP contribution in [-0.2, 0) is 4.74 Å². The van der Waals surface area contributed by atoms with E-state index in [9.17, 15) is 5.11 Å². The molecule has 1 aromatic carbocycles. The first-order chi connectivity index (χ1) is 13.1. The maximum absolute atomic E-state index is 10.4. The van der Waals surface area contributed by atoms with Gasteiger partial charge >= 0.3 is 0 Å². The number of aliphatic hydroxyl groups is 1. The Hall–Kier alpha value is -0.810. The minimum atomic E-state index is -0.386. The third-order valence-corrected chi connectivity index (χ3v) is 7.11. The fourth-order valence-electron chi connectivity index (χ4n) is 5.38. The van der Waals surface area contributed by atoms with Crippen LogP contribution >= 0.6 is 11.6 Å². The summed E-state index contributed by atoms with van der Waals surface area (Å²) in [4.78, 5) is 4.75. The van der Waals surface area contributed by atoms with Crippen LogP contribution in [0.4, 0.5) is 5.69 Å². The van der Waals surface area contributed by atoms with Crippen LogP contribution in [-0.4, -0.2) is 62.0 Å². The van der Waals surface area contributed by atoms with Gasteiger partial charge < -0.3 is 14.7 Å². The molecule has 1 aromatic rings. The van der Waals surface area contributed by atoms with E-state index in [4.69, 9.17) is 16.3 Å². The Labute approximate surface area is 168 Å². The first-order valence-electron chi connectivity index (χ1n) is 10.6. The third-order valence-electron chi connectivity index (χ3n) is 6.88. The summed E-state index contributed by atoms with van der Waals surface area (Å²) in [6.45, 7) is 8.04. The Morgan fingerprint density at radius 1 is 1.19 bits per heavy atom. The minimum Gasteiger partial charge on any atom is -0.389 e. The van der Waals surface area contributed by atoms with E-state index in [1.807, 2.05) is 6.07 Å². The number of nitrogens with zero attached hydrogens (tertiary/aromatic N) is 2. The number of aliphatic hydroxyl groups excluding tert-OH is 1. The summed E-state index contributed by atoms with van der Waals surface area (Å²) in [5.74, 6) is 2.61. The average Bonchev–Trinajstić information content (AvgIpc) is 3.28. The predicted molar refractivity (Wildman–Crippen MR) is 111 cm³/mol. The van der Waals surface area contributed by atoms with Gasteiger partial charge in [0.25, 0.3) is 0 Å². The van der Waals surface area contributed by atoms with Crippen molar-refractivity contribution in [1.29, 1.82) is 0 Å². The van der Waals surface area contributed by atoms with E-state index in [1.165, 1.54) is 36.9 Å². The summed E-state index contributed by atoms with van der Waals surface area (Å²) in [6, 6.07) is 6.09. The second kappa shape index (κ2) is 8.69. The van der Waals surface area contributed by atoms with Gasteiger partial charge in [-0.2, -0.15) is 0 Å². The zero-order chi connectivity index (χ0) is 18.8. The second-order valence-electron chi connectivity index (χ2n) is 8.84. The number of ether oxygens (including phenoxy) is 1. The molecule has 1 N–H and O–H groups in total. The zero-order valence-corrected chi connectivity index (χ0v) is 17.2. The summed E-state index contributed by atoms with van der Waals surface area (Å²) in [5, 5.41) is 11.2. The van der Waals surface area contributed by atoms with Crippen molar-refractivity contribution >= 4 is 17.3 Å². The van der Waals surface area contributed by atoms with E-state index in [2.05, 4.69) is 28.9 Å². The highest BCUT2D eigenvalue weighted by Crippen LogP contribution is 2.48. The number of halogens is 1. The van der Waals surface area contributed by atoms with Crippen molar-refractivity contribution in [1.82, 2.24) is 4.90 Å². The van der Waals surface area contributed by atoms with Crippen LogP contribution in [0.2, 0.25) is 5.02 Å². The van der Waals surface area contributed by atoms with Crippen molar-refractivity contribution in [3.8, 4) is 0 Å². The quantitative estimate of drug-likeness (QED) is 0.769. The molecule has 150 valence electrons. The van der Waals surface area contributed by atoms with Gasteiger partial charge in [0.15, 0.2) is 0 Å². The molecule has 2 bridgehead atoms. The molecule has 0 unspecified atom stereocenters. The lowest BCUT2D eigenvalue weighted by Gasteiger charge is -2.37. The summed E-state index contributed by atoms with van der Waals surface area (Å²) >= 11 is 6.17. The minimum absolute atomic E-state index is 0.386. The standard InChI is InChI=1S/C22H33ClN2O2/c1-16-2-5-20(23)12-22(16)25-8-6-24(7-9-25)13-21(26)15-27-14-19-11-17-3-4-18(19)10-17/h2,5,12,17-19,21,26H,3-4,6-11,13-15H2,1H3/t17-,18-,19+,21-/m1/s1. The zero-order valence-electron chi connectivity index (χ0n) is 16.4. The molecule has 3 fully saturated rings. The molecule has 4 atom stereocenters. The fraction of sp³-hybridized carbons (Fsp3) is 0.727. The number of anilines is 1. The number of benzene rings is 1. The number of piperazine rings is 1. The number of β-amino-alcohol motifs (C(OH)–C–C–N with tert-alkyl or cyclic N) is 1. The highest BCUT2D eigenvalue weighted by Gasteiger charge is 2.39. The first-order valence-corrected chi connectivity index (χ1v) is 11.0. The van der Waals surface area contributed by atoms with Gasteiger partial charge in [0.1, 0.15) is 0 Å². The van der Waals surface area contributed by atoms with E-state index in [-0.39, 0.29) is 6.10 Å². The number of fused-ring (bicyclic) bond motifs is 2. The third kappa shape index (κ3) is 4.79. The molecule has 0 radical (unpaired) electrons. The largest absolute Gasteiger partial charge is 0.389 e. The Morgan fingerprint density at radius 2 is 2.00 bits per heavy atom. The monoisotopic (exact) mass is 392 g/mol. The molecule has 3 aliphatic rings. The SMILES string of the molecule is Cc1ccc(Cl)cc1N1CCN(C[C@@H](O)COC[C@@H]2C[C@@H]3CC[C@@H]2C3)CC1. The van der Waals surface area contributed by atoms with Crippen molar-refractivity contribution in [2.24, 2.45) is 17.8 Å². The summed E-state index contributed by atoms with van der Waals surface area (Å²) in [7, 11) is 0. The Balaban J connectivity index is 1.16. The lowest BCUT2D eigenvalue weighted by molar-refractivity contribution is -0.00274. The van der Waals surface area contributed by atoms with Crippen LogP contribution in [0.1, 0.15) is 31.2 Å². The molecule has 4 rings (SSSR count). The second-order valence-corrected chi connectivity index (χ2v) is 9.28. The predicted octanol–water partition coefficient (Wildman–Crippen LogP) is 3.58. The van der Waals surface area contributed by atoms with Gasteiger partial charge in [-0.05, 0) is 61.6 Å². The molecule has 2 saturated carbocycles. The Bertz CT molecular complexity index is 633. The van der Waals surface area contributed by atoms with Crippen molar-refractivity contribution in [2.75, 3.05) is 50.8 Å². The van der Waals surface area contributed by atoms with Crippen LogP contribution in [0.15, 0.2) is 18.2 Å². The van der Waals surface area contributed by atoms with Gasteiger partial charge in [0, 0.05) is 50.0 Å². The van der Waals surface area contributed by atoms with E-state index < -0.39 is 0 Å². The van der Waals surface area contributed by atoms with Crippen LogP contribution in [0, 0.1) is 24.7 Å². The molecule has 4 nitrogen and oxygen atoms in total. The number of aryl methyl sites for hydroxylation is 1. The first kappa shape index (κ1) is 19.5. The van der Waals surface area contributed by atoms with Gasteiger partial charge in [0.05, 0.1) is 12.7 Å². The van der Waals surface area contributed by atoms with E-state index in [1.54, 1.807) is 0 Å². The lowest BCUT2D eigenvalue weighted by Crippen LogP contribution is -2.49. The normalized spacial score (nSPS) is 29.4. The van der Waals surface area contributed by atoms with Crippen LogP contribution in [0.3, 0.4) is 0 Å². The molecule has 5 heteroatoms. The lowest BCUT2D eigenvalue weighted by atomic mass is 9.90. The topological polar surface area (TPSA) is 35.9 Å². The van der Waals surface area contributed by atoms with Crippen molar-refractivity contribution in [2.45, 2.75) is 38.7 Å². The van der Waals surface area contributed by atoms with Gasteiger partial charge in [-0.15, -0.1) is 0 Å². The van der Waals surface area contributed by atoms with Crippen molar-refractivity contribution in [3.63, 3.8) is 0 Å². The highest BCUT2D eigenvalue weighted by atomic mass is 35.5. The van der Waals surface area contributed by atoms with Crippen molar-refractivity contribution in [3.05, 3.63) is 28.8 Å². The van der Waals surface area contributed by atoms with E-state index in [0.717, 1.165) is 55.6 Å². The van der Waals surface area contributed by atoms with Crippen molar-refractivity contribution < 1.29 is 9.84 Å². The molecular weight excluding hydrogens is 360 g/mol. The number of hydrogen-bond donors (Lipinski definition) is 1. The molecule has 0 amide bonds. The molecule has 0 aromatic heterocycles. The molecule has 1 heterocycles. The Kier molecular flexibility index (Phi) is 6.28. The maximum Gasteiger partial charge on any atom is 0.0900 e. The van der Waals surface area contributed by atoms with Gasteiger partial charge in [-0.1, -0.05) is 24.1 Å². The van der Waals surface area contributed by atoms with Gasteiger partial charge in [0.2, 0.25) is 0 Å². The fourth-order valence-corrected chi connectivity index (χ4v) is 5.55. The molecular formula is C22H33ClN2O2. The van der Waals surface area contributed by atoms with Crippen LogP contribution in [0.25, 0.3) is 0 Å². The Morgan fingerprint density at radius 3 is 2.70 bits per heavy atom. The highest BCUT2D eigenvalue weighted by molar-refractivity contribution is 6.30.